The number of carbonyl (C=O) groups is 2. The number of hydrogen-bond donors (Lipinski definition) is 0. The summed E-state index contributed by atoms with van der Waals surface area (Å²) < 4.78 is 32.1. The predicted molar refractivity (Wildman–Crippen MR) is 116 cm³/mol. The van der Waals surface area contributed by atoms with Crippen LogP contribution >= 0.6 is 0 Å². The fourth-order valence-corrected chi connectivity index (χ4v) is 4.71. The molecular formula is C22H25N3O5S. The van der Waals surface area contributed by atoms with Crippen LogP contribution in [-0.2, 0) is 19.6 Å². The summed E-state index contributed by atoms with van der Waals surface area (Å²) in [7, 11) is -3.76. The van der Waals surface area contributed by atoms with Gasteiger partial charge in [0.25, 0.3) is 5.91 Å². The molecule has 2 aromatic rings. The first-order chi connectivity index (χ1) is 14.8. The summed E-state index contributed by atoms with van der Waals surface area (Å²) >= 11 is 0. The van der Waals surface area contributed by atoms with Crippen molar-refractivity contribution in [3.05, 3.63) is 59.7 Å². The van der Waals surface area contributed by atoms with Gasteiger partial charge in [0, 0.05) is 18.8 Å². The Balaban J connectivity index is 2.19. The lowest BCUT2D eigenvalue weighted by Crippen LogP contribution is -2.35. The van der Waals surface area contributed by atoms with Crippen molar-refractivity contribution in [2.75, 3.05) is 31.1 Å². The van der Waals surface area contributed by atoms with Gasteiger partial charge in [-0.25, -0.2) is 13.2 Å². The fraction of sp³-hybridized carbons (Fsp3) is 0.318. The van der Waals surface area contributed by atoms with Crippen LogP contribution in [0.1, 0.15) is 29.8 Å². The zero-order chi connectivity index (χ0) is 23.0. The number of carbonyl (C=O) groups excluding carboxylic acids is 2. The number of aryl methyl sites for hydroxylation is 1. The van der Waals surface area contributed by atoms with Crippen LogP contribution in [0.2, 0.25) is 0 Å². The summed E-state index contributed by atoms with van der Waals surface area (Å²) in [6.07, 6.45) is 0. The van der Waals surface area contributed by atoms with Gasteiger partial charge in [0.2, 0.25) is 10.0 Å². The van der Waals surface area contributed by atoms with E-state index in [1.165, 1.54) is 27.4 Å². The average Bonchev–Trinajstić information content (AvgIpc) is 2.77. The van der Waals surface area contributed by atoms with E-state index in [9.17, 15) is 18.0 Å². The van der Waals surface area contributed by atoms with E-state index in [0.29, 0.717) is 24.3 Å². The number of sulfonamides is 1. The highest BCUT2D eigenvalue weighted by molar-refractivity contribution is 7.89. The molecule has 0 radical (unpaired) electrons. The van der Waals surface area contributed by atoms with E-state index in [0.717, 1.165) is 0 Å². The van der Waals surface area contributed by atoms with Crippen LogP contribution in [0.15, 0.2) is 53.4 Å². The molecule has 0 spiro atoms. The fourth-order valence-electron chi connectivity index (χ4n) is 3.00. The normalized spacial score (nSPS) is 11.1. The molecule has 0 aliphatic rings. The lowest BCUT2D eigenvalue weighted by Gasteiger charge is -2.20. The van der Waals surface area contributed by atoms with Gasteiger partial charge >= 0.3 is 5.97 Å². The summed E-state index contributed by atoms with van der Waals surface area (Å²) in [6, 6.07) is 14.7. The van der Waals surface area contributed by atoms with Gasteiger partial charge in [0.05, 0.1) is 16.5 Å². The zero-order valence-electron chi connectivity index (χ0n) is 17.7. The molecule has 164 valence electrons. The third-order valence-corrected chi connectivity index (χ3v) is 6.86. The van der Waals surface area contributed by atoms with Crippen molar-refractivity contribution in [1.29, 1.82) is 5.26 Å². The summed E-state index contributed by atoms with van der Waals surface area (Å²) in [5.74, 6) is -1.39. The number of rotatable bonds is 9. The first-order valence-corrected chi connectivity index (χ1v) is 11.2. The number of nitriles is 1. The monoisotopic (exact) mass is 443 g/mol. The summed E-state index contributed by atoms with van der Waals surface area (Å²) in [4.78, 5) is 26.2. The van der Waals surface area contributed by atoms with E-state index in [1.54, 1.807) is 51.1 Å². The van der Waals surface area contributed by atoms with Crippen molar-refractivity contribution in [2.45, 2.75) is 25.7 Å². The number of amides is 1. The maximum atomic E-state index is 12.9. The zero-order valence-corrected chi connectivity index (χ0v) is 18.6. The molecule has 0 saturated carbocycles. The largest absolute Gasteiger partial charge is 0.452 e. The van der Waals surface area contributed by atoms with Crippen LogP contribution in [0.25, 0.3) is 0 Å². The van der Waals surface area contributed by atoms with Gasteiger partial charge < -0.3 is 4.74 Å². The number of benzene rings is 2. The van der Waals surface area contributed by atoms with E-state index in [-0.39, 0.29) is 17.0 Å². The molecule has 0 unspecified atom stereocenters. The molecule has 0 bridgehead atoms. The second-order valence-electron chi connectivity index (χ2n) is 6.62. The van der Waals surface area contributed by atoms with Crippen LogP contribution in [0.5, 0.6) is 0 Å². The molecule has 0 atom stereocenters. The summed E-state index contributed by atoms with van der Waals surface area (Å²) in [6.45, 7) is 4.94. The second-order valence-corrected chi connectivity index (χ2v) is 8.53. The SMILES string of the molecule is CCN(CC)S(=O)(=O)c1cc(C(=O)OCC(=O)N(CC#N)c2ccccc2)ccc1C. The Kier molecular flexibility index (Phi) is 8.30. The number of hydrogen-bond acceptors (Lipinski definition) is 6. The predicted octanol–water partition coefficient (Wildman–Crippen LogP) is 2.74. The third kappa shape index (κ3) is 5.69. The average molecular weight is 444 g/mol. The van der Waals surface area contributed by atoms with Crippen molar-refractivity contribution in [1.82, 2.24) is 4.31 Å². The van der Waals surface area contributed by atoms with Gasteiger partial charge in [-0.3, -0.25) is 9.69 Å². The van der Waals surface area contributed by atoms with Crippen molar-refractivity contribution in [3.8, 4) is 6.07 Å². The quantitative estimate of drug-likeness (QED) is 0.436. The van der Waals surface area contributed by atoms with Gasteiger partial charge in [-0.15, -0.1) is 0 Å². The summed E-state index contributed by atoms with van der Waals surface area (Å²) in [5.41, 5.74) is 1.03. The first-order valence-electron chi connectivity index (χ1n) is 9.76. The number of esters is 1. The Hall–Kier alpha value is -3.22. The van der Waals surface area contributed by atoms with E-state index in [2.05, 4.69) is 0 Å². The highest BCUT2D eigenvalue weighted by Gasteiger charge is 2.25. The highest BCUT2D eigenvalue weighted by Crippen LogP contribution is 2.22. The first kappa shape index (κ1) is 24.1. The third-order valence-electron chi connectivity index (χ3n) is 4.67. The lowest BCUT2D eigenvalue weighted by atomic mass is 10.1. The van der Waals surface area contributed by atoms with E-state index in [4.69, 9.17) is 10.00 Å². The Bertz CT molecular complexity index is 1070. The smallest absolute Gasteiger partial charge is 0.338 e. The van der Waals surface area contributed by atoms with Crippen LogP contribution in [0.4, 0.5) is 5.69 Å². The van der Waals surface area contributed by atoms with Gasteiger partial charge in [-0.2, -0.15) is 9.57 Å². The summed E-state index contributed by atoms with van der Waals surface area (Å²) in [5, 5.41) is 9.01. The molecule has 0 aliphatic heterocycles. The lowest BCUT2D eigenvalue weighted by molar-refractivity contribution is -0.121. The van der Waals surface area contributed by atoms with Crippen molar-refractivity contribution < 1.29 is 22.7 Å². The number of anilines is 1. The standard InChI is InChI=1S/C22H25N3O5S/c1-4-24(5-2)31(28,29)20-15-18(12-11-17(20)3)22(27)30-16-21(26)25(14-13-23)19-9-7-6-8-10-19/h6-12,15H,4-5,14,16H2,1-3H3. The Morgan fingerprint density at radius 2 is 1.71 bits per heavy atom. The maximum Gasteiger partial charge on any atom is 0.338 e. The van der Waals surface area contributed by atoms with Crippen molar-refractivity contribution in [3.63, 3.8) is 0 Å². The molecule has 1 amide bonds. The molecule has 0 N–H and O–H groups in total. The molecule has 8 nitrogen and oxygen atoms in total. The van der Waals surface area contributed by atoms with Crippen LogP contribution in [0, 0.1) is 18.3 Å². The topological polar surface area (TPSA) is 108 Å². The van der Waals surface area contributed by atoms with Crippen LogP contribution in [0.3, 0.4) is 0 Å². The molecule has 31 heavy (non-hydrogen) atoms. The van der Waals surface area contributed by atoms with Crippen molar-refractivity contribution >= 4 is 27.6 Å². The van der Waals surface area contributed by atoms with Crippen LogP contribution < -0.4 is 4.90 Å². The van der Waals surface area contributed by atoms with E-state index in [1.807, 2.05) is 6.07 Å². The minimum atomic E-state index is -3.76. The minimum absolute atomic E-state index is 0.0207. The molecular weight excluding hydrogens is 418 g/mol. The second kappa shape index (κ2) is 10.7. The van der Waals surface area contributed by atoms with E-state index < -0.39 is 28.5 Å². The van der Waals surface area contributed by atoms with Crippen molar-refractivity contribution in [2.24, 2.45) is 0 Å². The molecule has 2 aromatic carbocycles. The minimum Gasteiger partial charge on any atom is -0.452 e. The Morgan fingerprint density at radius 3 is 2.29 bits per heavy atom. The van der Waals surface area contributed by atoms with Gasteiger partial charge in [-0.05, 0) is 36.8 Å². The van der Waals surface area contributed by atoms with Gasteiger partial charge in [-0.1, -0.05) is 38.1 Å². The number of ether oxygens (including phenoxy) is 1. The maximum absolute atomic E-state index is 12.9. The van der Waals surface area contributed by atoms with Gasteiger partial charge in [0.15, 0.2) is 6.61 Å². The molecule has 9 heteroatoms. The molecule has 0 aliphatic carbocycles. The Morgan fingerprint density at radius 1 is 1.06 bits per heavy atom. The number of para-hydroxylation sites is 1. The molecule has 0 aromatic heterocycles. The highest BCUT2D eigenvalue weighted by atomic mass is 32.2. The Labute approximate surface area is 182 Å². The molecule has 0 saturated heterocycles. The molecule has 2 rings (SSSR count). The number of nitrogens with zero attached hydrogens (tertiary/aromatic N) is 3. The molecule has 0 fully saturated rings. The van der Waals surface area contributed by atoms with Gasteiger partial charge in [0.1, 0.15) is 6.54 Å². The van der Waals surface area contributed by atoms with E-state index >= 15 is 0 Å². The van der Waals surface area contributed by atoms with Crippen LogP contribution in [-0.4, -0.2) is 50.8 Å². The molecule has 0 heterocycles.